The molecule has 0 aliphatic carbocycles. The van der Waals surface area contributed by atoms with Crippen molar-refractivity contribution in [1.29, 1.82) is 0 Å². The number of carbonyl (C=O) groups is 4. The third-order valence-electron chi connectivity index (χ3n) is 2.28. The molecule has 0 aromatic rings. The van der Waals surface area contributed by atoms with Gasteiger partial charge in [-0.1, -0.05) is 0 Å². The summed E-state index contributed by atoms with van der Waals surface area (Å²) in [6, 6.07) is -0.865. The number of hydrogen-bond donors (Lipinski definition) is 2. The summed E-state index contributed by atoms with van der Waals surface area (Å²) in [5, 5.41) is 9.12. The van der Waals surface area contributed by atoms with E-state index in [1.807, 2.05) is 0 Å². The third-order valence-corrected chi connectivity index (χ3v) is 2.28. The van der Waals surface area contributed by atoms with Crippen molar-refractivity contribution in [1.82, 2.24) is 0 Å². The third kappa shape index (κ3) is 6.70. The van der Waals surface area contributed by atoms with Gasteiger partial charge in [-0.2, -0.15) is 0 Å². The van der Waals surface area contributed by atoms with Gasteiger partial charge in [-0.3, -0.25) is 14.4 Å². The molecule has 0 bridgehead atoms. The molecule has 0 rings (SSSR count). The molecule has 0 spiro atoms. The molecule has 0 unspecified atom stereocenters. The molecule has 0 heterocycles. The van der Waals surface area contributed by atoms with Gasteiger partial charge in [0.05, 0.1) is 0 Å². The van der Waals surface area contributed by atoms with Gasteiger partial charge in [0, 0.05) is 26.8 Å². The lowest BCUT2D eigenvalue weighted by Gasteiger charge is -2.31. The highest BCUT2D eigenvalue weighted by Gasteiger charge is 2.43. The fraction of sp³-hybridized carbons (Fsp3) is 0.667. The van der Waals surface area contributed by atoms with Crippen LogP contribution in [0.4, 0.5) is 0 Å². The van der Waals surface area contributed by atoms with Crippen LogP contribution in [0.15, 0.2) is 0 Å². The molecule has 9 nitrogen and oxygen atoms in total. The lowest BCUT2D eigenvalue weighted by atomic mass is 10.0. The van der Waals surface area contributed by atoms with Crippen molar-refractivity contribution in [3.05, 3.63) is 0 Å². The summed E-state index contributed by atoms with van der Waals surface area (Å²) in [6.07, 6.45) is -4.69. The first kappa shape index (κ1) is 18.8. The van der Waals surface area contributed by atoms with Gasteiger partial charge in [-0.15, -0.1) is 0 Å². The zero-order valence-corrected chi connectivity index (χ0v) is 12.2. The fourth-order valence-corrected chi connectivity index (χ4v) is 1.59. The fourth-order valence-electron chi connectivity index (χ4n) is 1.59. The van der Waals surface area contributed by atoms with Crippen LogP contribution in [0.25, 0.3) is 0 Å². The quantitative estimate of drug-likeness (QED) is 0.457. The van der Waals surface area contributed by atoms with Gasteiger partial charge < -0.3 is 25.1 Å². The molecule has 0 aromatic heterocycles. The van der Waals surface area contributed by atoms with Gasteiger partial charge >= 0.3 is 23.9 Å². The van der Waals surface area contributed by atoms with Gasteiger partial charge in [-0.05, 0) is 6.92 Å². The molecule has 0 saturated heterocycles. The summed E-state index contributed by atoms with van der Waals surface area (Å²) < 4.78 is 14.4. The molecule has 9 heteroatoms. The van der Waals surface area contributed by atoms with E-state index in [1.54, 1.807) is 0 Å². The van der Waals surface area contributed by atoms with Gasteiger partial charge in [0.1, 0.15) is 0 Å². The van der Waals surface area contributed by atoms with E-state index in [1.165, 1.54) is 6.92 Å². The average molecular weight is 305 g/mol. The van der Waals surface area contributed by atoms with Crippen LogP contribution in [-0.2, 0) is 33.4 Å². The molecule has 0 aromatic carbocycles. The topological polar surface area (TPSA) is 142 Å². The molecule has 0 aliphatic rings. The maximum Gasteiger partial charge on any atom is 0.349 e. The second-order valence-corrected chi connectivity index (χ2v) is 4.38. The van der Waals surface area contributed by atoms with Crippen LogP contribution in [0.1, 0.15) is 27.7 Å². The van der Waals surface area contributed by atoms with Crippen LogP contribution < -0.4 is 5.73 Å². The maximum atomic E-state index is 11.2. The van der Waals surface area contributed by atoms with Crippen molar-refractivity contribution in [3.8, 4) is 0 Å². The summed E-state index contributed by atoms with van der Waals surface area (Å²) in [6.45, 7) is 4.54. The van der Waals surface area contributed by atoms with E-state index in [0.717, 1.165) is 20.8 Å². The van der Waals surface area contributed by atoms with E-state index in [0.29, 0.717) is 0 Å². The molecule has 0 fully saturated rings. The lowest BCUT2D eigenvalue weighted by molar-refractivity contribution is -0.192. The van der Waals surface area contributed by atoms with Crippen molar-refractivity contribution in [3.63, 3.8) is 0 Å². The van der Waals surface area contributed by atoms with E-state index >= 15 is 0 Å². The van der Waals surface area contributed by atoms with E-state index in [4.69, 9.17) is 20.3 Å². The Morgan fingerprint density at radius 3 is 1.52 bits per heavy atom. The van der Waals surface area contributed by atoms with Crippen LogP contribution in [0.5, 0.6) is 0 Å². The van der Waals surface area contributed by atoms with Crippen LogP contribution in [0.3, 0.4) is 0 Å². The first-order chi connectivity index (χ1) is 9.56. The molecular weight excluding hydrogens is 286 g/mol. The molecule has 0 amide bonds. The van der Waals surface area contributed by atoms with E-state index in [-0.39, 0.29) is 0 Å². The minimum atomic E-state index is -1.85. The SMILES string of the molecule is CC(=O)O[C@@H]([C@H](OC(C)=O)[C@@H](OC(C)=O)C(=O)O)[C@@H](C)N. The Balaban J connectivity index is 5.55. The predicted molar refractivity (Wildman–Crippen MR) is 67.9 cm³/mol. The average Bonchev–Trinajstić information content (AvgIpc) is 2.29. The lowest BCUT2D eigenvalue weighted by Crippen LogP contribution is -2.54. The number of carboxylic acids is 1. The van der Waals surface area contributed by atoms with Crippen LogP contribution in [-0.4, -0.2) is 53.3 Å². The minimum absolute atomic E-state index is 0.749. The molecule has 21 heavy (non-hydrogen) atoms. The Bertz CT molecular complexity index is 419. The predicted octanol–water partition coefficient (Wildman–Crippen LogP) is -0.787. The number of carbonyl (C=O) groups excluding carboxylic acids is 3. The molecule has 4 atom stereocenters. The Labute approximate surface area is 121 Å². The van der Waals surface area contributed by atoms with Gasteiger partial charge in [0.25, 0.3) is 0 Å². The number of hydrogen-bond acceptors (Lipinski definition) is 8. The highest BCUT2D eigenvalue weighted by atomic mass is 16.6. The Kier molecular flexibility index (Phi) is 7.36. The number of aliphatic carboxylic acids is 1. The Morgan fingerprint density at radius 2 is 1.24 bits per heavy atom. The maximum absolute atomic E-state index is 11.2. The Morgan fingerprint density at radius 1 is 0.857 bits per heavy atom. The first-order valence-electron chi connectivity index (χ1n) is 6.06. The van der Waals surface area contributed by atoms with E-state index in [9.17, 15) is 19.2 Å². The minimum Gasteiger partial charge on any atom is -0.478 e. The van der Waals surface area contributed by atoms with Crippen molar-refractivity contribution >= 4 is 23.9 Å². The summed E-state index contributed by atoms with van der Waals surface area (Å²) in [5.74, 6) is -4.04. The molecule has 0 radical (unpaired) electrons. The van der Waals surface area contributed by atoms with Crippen LogP contribution in [0.2, 0.25) is 0 Å². The zero-order valence-electron chi connectivity index (χ0n) is 12.2. The van der Waals surface area contributed by atoms with Crippen LogP contribution in [0, 0.1) is 0 Å². The Hall–Kier alpha value is -2.16. The van der Waals surface area contributed by atoms with Crippen molar-refractivity contribution in [2.75, 3.05) is 0 Å². The monoisotopic (exact) mass is 305 g/mol. The molecular formula is C12H19NO8. The number of ether oxygens (including phenoxy) is 3. The summed E-state index contributed by atoms with van der Waals surface area (Å²) >= 11 is 0. The summed E-state index contributed by atoms with van der Waals surface area (Å²) in [4.78, 5) is 44.5. The molecule has 0 saturated carbocycles. The standard InChI is InChI=1S/C12H19NO8/c1-5(13)9(19-6(2)14)10(20-7(3)15)11(12(17)18)21-8(4)16/h5,9-11H,13H2,1-4H3,(H,17,18)/t5-,9-,10+,11-/m1/s1. The number of carboxylic acid groups (broad SMARTS) is 1. The van der Waals surface area contributed by atoms with E-state index in [2.05, 4.69) is 4.74 Å². The number of nitrogens with two attached hydrogens (primary N) is 1. The highest BCUT2D eigenvalue weighted by molar-refractivity contribution is 5.78. The van der Waals surface area contributed by atoms with Crippen molar-refractivity contribution in [2.24, 2.45) is 5.73 Å². The van der Waals surface area contributed by atoms with Gasteiger partial charge in [0.15, 0.2) is 12.2 Å². The largest absolute Gasteiger partial charge is 0.478 e. The first-order valence-corrected chi connectivity index (χ1v) is 6.06. The normalized spacial score (nSPS) is 16.0. The summed E-state index contributed by atoms with van der Waals surface area (Å²) in [7, 11) is 0. The number of esters is 3. The molecule has 3 N–H and O–H groups in total. The molecule has 0 aliphatic heterocycles. The second-order valence-electron chi connectivity index (χ2n) is 4.38. The van der Waals surface area contributed by atoms with Crippen molar-refractivity contribution in [2.45, 2.75) is 52.0 Å². The van der Waals surface area contributed by atoms with Gasteiger partial charge in [-0.25, -0.2) is 4.79 Å². The van der Waals surface area contributed by atoms with Crippen molar-refractivity contribution < 1.29 is 38.5 Å². The van der Waals surface area contributed by atoms with E-state index < -0.39 is 48.2 Å². The highest BCUT2D eigenvalue weighted by Crippen LogP contribution is 2.16. The molecule has 120 valence electrons. The van der Waals surface area contributed by atoms with Gasteiger partial charge in [0.2, 0.25) is 6.10 Å². The second kappa shape index (κ2) is 8.20. The smallest absolute Gasteiger partial charge is 0.349 e. The summed E-state index contributed by atoms with van der Waals surface area (Å²) in [5.41, 5.74) is 5.63. The zero-order chi connectivity index (χ0) is 16.7. The van der Waals surface area contributed by atoms with Crippen LogP contribution >= 0.6 is 0 Å². The number of rotatable bonds is 7.